The fourth-order valence-corrected chi connectivity index (χ4v) is 3.33. The topological polar surface area (TPSA) is 58.4 Å². The molecule has 1 aliphatic heterocycles. The highest BCUT2D eigenvalue weighted by molar-refractivity contribution is 6.35. The van der Waals surface area contributed by atoms with Crippen LogP contribution in [0.2, 0.25) is 10.0 Å². The van der Waals surface area contributed by atoms with Crippen LogP contribution in [0.1, 0.15) is 27.9 Å². The van der Waals surface area contributed by atoms with Crippen LogP contribution in [0.4, 0.5) is 5.69 Å². The number of anilines is 1. The first-order valence-corrected chi connectivity index (χ1v) is 8.19. The second-order valence-electron chi connectivity index (χ2n) is 5.49. The summed E-state index contributed by atoms with van der Waals surface area (Å²) in [7, 11) is 0. The van der Waals surface area contributed by atoms with E-state index < -0.39 is 0 Å². The molecule has 0 saturated carbocycles. The summed E-state index contributed by atoms with van der Waals surface area (Å²) in [5, 5.41) is 3.00. The third kappa shape index (κ3) is 3.95. The van der Waals surface area contributed by atoms with Crippen LogP contribution in [0.5, 0.6) is 0 Å². The van der Waals surface area contributed by atoms with Gasteiger partial charge >= 0.3 is 0 Å². The lowest BCUT2D eigenvalue weighted by molar-refractivity contribution is 0.0948. The normalized spacial score (nSPS) is 13.0. The number of amides is 1. The predicted octanol–water partition coefficient (Wildman–Crippen LogP) is 3.97. The van der Waals surface area contributed by atoms with Crippen molar-refractivity contribution < 1.29 is 4.79 Å². The minimum Gasteiger partial charge on any atom is -0.326 e. The SMILES string of the molecule is Cl.NCc1cccc(C(=O)NN2CCCc3c(Cl)cc(Cl)cc32)c1. The molecule has 0 aliphatic carbocycles. The van der Waals surface area contributed by atoms with E-state index in [9.17, 15) is 4.79 Å². The van der Waals surface area contributed by atoms with Gasteiger partial charge in [0.1, 0.15) is 0 Å². The van der Waals surface area contributed by atoms with E-state index in [1.165, 1.54) is 0 Å². The Morgan fingerprint density at radius 1 is 1.25 bits per heavy atom. The van der Waals surface area contributed by atoms with Gasteiger partial charge in [-0.05, 0) is 48.2 Å². The largest absolute Gasteiger partial charge is 0.326 e. The first-order valence-electron chi connectivity index (χ1n) is 7.44. The van der Waals surface area contributed by atoms with E-state index >= 15 is 0 Å². The quantitative estimate of drug-likeness (QED) is 0.839. The number of carbonyl (C=O) groups excluding carboxylic acids is 1. The molecule has 1 heterocycles. The highest BCUT2D eigenvalue weighted by Crippen LogP contribution is 2.34. The zero-order chi connectivity index (χ0) is 16.4. The molecule has 4 nitrogen and oxygen atoms in total. The van der Waals surface area contributed by atoms with Crippen LogP contribution in [0.15, 0.2) is 36.4 Å². The molecule has 2 aromatic carbocycles. The Kier molecular flexibility index (Phi) is 6.35. The van der Waals surface area contributed by atoms with E-state index in [0.29, 0.717) is 28.7 Å². The van der Waals surface area contributed by atoms with Gasteiger partial charge in [-0.3, -0.25) is 15.2 Å². The summed E-state index contributed by atoms with van der Waals surface area (Å²) in [6.45, 7) is 1.12. The van der Waals surface area contributed by atoms with Gasteiger partial charge in [0.2, 0.25) is 0 Å². The fourth-order valence-electron chi connectivity index (χ4n) is 2.76. The van der Waals surface area contributed by atoms with Crippen molar-refractivity contribution in [3.63, 3.8) is 0 Å². The molecule has 3 N–H and O–H groups in total. The smallest absolute Gasteiger partial charge is 0.269 e. The first-order chi connectivity index (χ1) is 11.1. The number of halogens is 3. The zero-order valence-electron chi connectivity index (χ0n) is 12.9. The van der Waals surface area contributed by atoms with E-state index in [2.05, 4.69) is 5.43 Å². The summed E-state index contributed by atoms with van der Waals surface area (Å²) in [5.41, 5.74) is 11.9. The van der Waals surface area contributed by atoms with Gasteiger partial charge in [0.15, 0.2) is 0 Å². The third-order valence-corrected chi connectivity index (χ3v) is 4.45. The van der Waals surface area contributed by atoms with Gasteiger partial charge in [0.25, 0.3) is 5.91 Å². The lowest BCUT2D eigenvalue weighted by Gasteiger charge is -2.32. The number of hydrazine groups is 1. The highest BCUT2D eigenvalue weighted by Gasteiger charge is 2.22. The molecular formula is C17H18Cl3N3O. The number of hydrogen-bond donors (Lipinski definition) is 2. The van der Waals surface area contributed by atoms with Crippen LogP contribution in [0.3, 0.4) is 0 Å². The number of carbonyl (C=O) groups is 1. The molecule has 0 fully saturated rings. The third-order valence-electron chi connectivity index (χ3n) is 3.90. The number of nitrogens with zero attached hydrogens (tertiary/aromatic N) is 1. The molecule has 2 aromatic rings. The standard InChI is InChI=1S/C17H17Cl2N3O.ClH/c18-13-8-15(19)14-5-2-6-22(16(14)9-13)21-17(23)12-4-1-3-11(7-12)10-20;/h1,3-4,7-9H,2,5-6,10,20H2,(H,21,23);1H. The minimum absolute atomic E-state index is 0. The maximum Gasteiger partial charge on any atom is 0.269 e. The number of rotatable bonds is 3. The molecule has 0 aromatic heterocycles. The average molecular weight is 387 g/mol. The number of fused-ring (bicyclic) bond motifs is 1. The van der Waals surface area contributed by atoms with Gasteiger partial charge < -0.3 is 5.73 Å². The van der Waals surface area contributed by atoms with Crippen molar-refractivity contribution in [2.45, 2.75) is 19.4 Å². The molecule has 0 spiro atoms. The van der Waals surface area contributed by atoms with Crippen molar-refractivity contribution in [2.75, 3.05) is 11.6 Å². The van der Waals surface area contributed by atoms with Gasteiger partial charge in [0.05, 0.1) is 5.69 Å². The summed E-state index contributed by atoms with van der Waals surface area (Å²) in [6.07, 6.45) is 1.79. The van der Waals surface area contributed by atoms with Gasteiger partial charge in [-0.15, -0.1) is 12.4 Å². The zero-order valence-corrected chi connectivity index (χ0v) is 15.2. The van der Waals surface area contributed by atoms with E-state index in [1.807, 2.05) is 23.2 Å². The average Bonchev–Trinajstić information content (AvgIpc) is 2.55. The van der Waals surface area contributed by atoms with E-state index in [0.717, 1.165) is 29.7 Å². The fraction of sp³-hybridized carbons (Fsp3) is 0.235. The van der Waals surface area contributed by atoms with Crippen molar-refractivity contribution in [2.24, 2.45) is 5.73 Å². The van der Waals surface area contributed by atoms with Crippen LogP contribution < -0.4 is 16.2 Å². The lowest BCUT2D eigenvalue weighted by Crippen LogP contribution is -2.45. The second-order valence-corrected chi connectivity index (χ2v) is 6.33. The maximum absolute atomic E-state index is 12.5. The van der Waals surface area contributed by atoms with E-state index in [4.69, 9.17) is 28.9 Å². The van der Waals surface area contributed by atoms with Crippen LogP contribution in [-0.2, 0) is 13.0 Å². The van der Waals surface area contributed by atoms with Gasteiger partial charge in [0, 0.05) is 28.7 Å². The van der Waals surface area contributed by atoms with Crippen LogP contribution in [-0.4, -0.2) is 12.5 Å². The van der Waals surface area contributed by atoms with Crippen molar-refractivity contribution in [1.29, 1.82) is 0 Å². The molecular weight excluding hydrogens is 369 g/mol. The molecule has 3 rings (SSSR count). The summed E-state index contributed by atoms with van der Waals surface area (Å²) in [6, 6.07) is 10.9. The van der Waals surface area contributed by atoms with Crippen molar-refractivity contribution in [1.82, 2.24) is 5.43 Å². The molecule has 1 amide bonds. The number of hydrogen-bond acceptors (Lipinski definition) is 3. The monoisotopic (exact) mass is 385 g/mol. The first kappa shape index (κ1) is 18.9. The minimum atomic E-state index is -0.177. The Morgan fingerprint density at radius 3 is 2.79 bits per heavy atom. The van der Waals surface area contributed by atoms with Gasteiger partial charge in [-0.1, -0.05) is 35.3 Å². The Hall–Kier alpha value is -1.46. The molecule has 7 heteroatoms. The summed E-state index contributed by atoms with van der Waals surface area (Å²) < 4.78 is 0. The molecule has 0 radical (unpaired) electrons. The Bertz CT molecular complexity index is 752. The summed E-state index contributed by atoms with van der Waals surface area (Å²) >= 11 is 12.4. The number of benzene rings is 2. The van der Waals surface area contributed by atoms with Crippen LogP contribution in [0, 0.1) is 0 Å². The van der Waals surface area contributed by atoms with Crippen LogP contribution >= 0.6 is 35.6 Å². The molecule has 24 heavy (non-hydrogen) atoms. The predicted molar refractivity (Wildman–Crippen MR) is 101 cm³/mol. The van der Waals surface area contributed by atoms with Crippen molar-refractivity contribution >= 4 is 47.2 Å². The van der Waals surface area contributed by atoms with Crippen molar-refractivity contribution in [3.05, 3.63) is 63.1 Å². The summed E-state index contributed by atoms with van der Waals surface area (Å²) in [4.78, 5) is 12.5. The Labute approximate surface area is 157 Å². The number of nitrogens with one attached hydrogen (secondary N) is 1. The van der Waals surface area contributed by atoms with Crippen LogP contribution in [0.25, 0.3) is 0 Å². The second kappa shape index (κ2) is 8.08. The van der Waals surface area contributed by atoms with Gasteiger partial charge in [-0.25, -0.2) is 0 Å². The molecule has 128 valence electrons. The molecule has 1 aliphatic rings. The molecule has 0 bridgehead atoms. The van der Waals surface area contributed by atoms with Crippen molar-refractivity contribution in [3.8, 4) is 0 Å². The molecule has 0 unspecified atom stereocenters. The van der Waals surface area contributed by atoms with Gasteiger partial charge in [-0.2, -0.15) is 0 Å². The number of nitrogens with two attached hydrogens (primary N) is 1. The highest BCUT2D eigenvalue weighted by atomic mass is 35.5. The van der Waals surface area contributed by atoms with E-state index in [1.54, 1.807) is 18.2 Å². The Balaban J connectivity index is 0.00000208. The maximum atomic E-state index is 12.5. The van der Waals surface area contributed by atoms with E-state index in [-0.39, 0.29) is 18.3 Å². The Morgan fingerprint density at radius 2 is 2.04 bits per heavy atom. The summed E-state index contributed by atoms with van der Waals surface area (Å²) in [5.74, 6) is -0.177. The molecule has 0 atom stereocenters. The molecule has 0 saturated heterocycles. The lowest BCUT2D eigenvalue weighted by atomic mass is 10.0.